The van der Waals surface area contributed by atoms with Gasteiger partial charge >= 0.3 is 0 Å². The summed E-state index contributed by atoms with van der Waals surface area (Å²) in [4.78, 5) is 5.63. The number of pyridine rings is 1. The lowest BCUT2D eigenvalue weighted by molar-refractivity contribution is 0.369. The fourth-order valence-corrected chi connectivity index (χ4v) is 12.5. The highest BCUT2D eigenvalue weighted by Gasteiger charge is 2.31. The molecule has 1 aliphatic carbocycles. The smallest absolute Gasteiger partial charge is 0.137 e. The summed E-state index contributed by atoms with van der Waals surface area (Å²) in [6.07, 6.45) is 6.10. The summed E-state index contributed by atoms with van der Waals surface area (Å²) >= 11 is 0. The predicted molar refractivity (Wildman–Crippen MR) is 303 cm³/mol. The van der Waals surface area contributed by atoms with Gasteiger partial charge in [-0.25, -0.2) is 4.98 Å². The van der Waals surface area contributed by atoms with Crippen molar-refractivity contribution in [2.45, 2.75) is 87.0 Å². The average Bonchev–Trinajstić information content (AvgIpc) is 3.87. The molecule has 0 saturated heterocycles. The summed E-state index contributed by atoms with van der Waals surface area (Å²) < 4.78 is 4.90. The van der Waals surface area contributed by atoms with Crippen LogP contribution in [0.2, 0.25) is 0 Å². The number of hydrogen-bond acceptors (Lipinski definition) is 2. The van der Waals surface area contributed by atoms with E-state index in [0.29, 0.717) is 0 Å². The van der Waals surface area contributed by atoms with Crippen LogP contribution >= 0.6 is 0 Å². The number of nitriles is 1. The number of nitrogens with zero attached hydrogens (tertiary/aromatic N) is 4. The fraction of sp³-hybridized carbons (Fsp3) is 0.206. The van der Waals surface area contributed by atoms with E-state index in [4.69, 9.17) is 4.98 Å². The monoisotopic (exact) mass is 932 g/mol. The molecular formula is C68H60N4. The molecule has 2 atom stereocenters. The van der Waals surface area contributed by atoms with E-state index in [1.54, 1.807) is 0 Å². The molecule has 1 aliphatic rings. The molecule has 1 saturated carbocycles. The Hall–Kier alpha value is -8.00. The van der Waals surface area contributed by atoms with Gasteiger partial charge in [-0.3, -0.25) is 4.57 Å². The summed E-state index contributed by atoms with van der Waals surface area (Å²) in [6.45, 7) is 17.5. The van der Waals surface area contributed by atoms with E-state index in [2.05, 4.69) is 228 Å². The van der Waals surface area contributed by atoms with Crippen molar-refractivity contribution >= 4 is 43.6 Å². The quantitative estimate of drug-likeness (QED) is 0.160. The van der Waals surface area contributed by atoms with Crippen LogP contribution in [0.4, 0.5) is 0 Å². The van der Waals surface area contributed by atoms with Crippen LogP contribution in [0.1, 0.15) is 81.7 Å². The molecule has 0 amide bonds. The van der Waals surface area contributed by atoms with Gasteiger partial charge in [-0.15, -0.1) is 0 Å². The molecule has 12 rings (SSSR count). The zero-order chi connectivity index (χ0) is 49.5. The molecule has 0 N–H and O–H groups in total. The zero-order valence-corrected chi connectivity index (χ0v) is 42.8. The first-order chi connectivity index (χ1) is 34.9. The van der Waals surface area contributed by atoms with E-state index in [1.165, 1.54) is 116 Å². The van der Waals surface area contributed by atoms with Crippen LogP contribution in [0.5, 0.6) is 0 Å². The van der Waals surface area contributed by atoms with Crippen LogP contribution < -0.4 is 0 Å². The van der Waals surface area contributed by atoms with Crippen molar-refractivity contribution in [1.29, 1.82) is 5.26 Å². The van der Waals surface area contributed by atoms with E-state index in [9.17, 15) is 5.26 Å². The van der Waals surface area contributed by atoms with Crippen LogP contribution in [0, 0.1) is 72.6 Å². The molecule has 11 aromatic rings. The van der Waals surface area contributed by atoms with Crippen LogP contribution in [0.3, 0.4) is 0 Å². The molecule has 352 valence electrons. The van der Waals surface area contributed by atoms with E-state index in [1.807, 2.05) is 0 Å². The molecular weight excluding hydrogens is 873 g/mol. The van der Waals surface area contributed by atoms with Gasteiger partial charge in [0.05, 0.1) is 45.9 Å². The third-order valence-corrected chi connectivity index (χ3v) is 16.0. The topological polar surface area (TPSA) is 46.5 Å². The van der Waals surface area contributed by atoms with Gasteiger partial charge in [-0.05, 0) is 171 Å². The fourth-order valence-electron chi connectivity index (χ4n) is 12.5. The Kier molecular flexibility index (Phi) is 11.1. The standard InChI is InChI=1S/C68H60N4/c1-40-13-21-53(44(5)29-40)48-17-25-58-59-26-18-49(54-22-14-41(2)30-45(54)6)34-64(59)71(63(58)33-48)67-39-70-68(37-62(67)57-12-10-9-11-52(57)38-69)72-65-35-50(55-23-15-42(3)31-46(55)7)19-27-60(65)61-28-20-51(36-66(61)72)56-24-16-43(4)32-47(56)8/h13-37,39,52,57H,9-12H2,1-8H3. The van der Waals surface area contributed by atoms with Crippen molar-refractivity contribution in [3.8, 4) is 62.1 Å². The summed E-state index contributed by atoms with van der Waals surface area (Å²) in [5.41, 5.74) is 26.4. The highest BCUT2D eigenvalue weighted by Crippen LogP contribution is 2.46. The van der Waals surface area contributed by atoms with Crippen molar-refractivity contribution in [1.82, 2.24) is 14.1 Å². The number of fused-ring (bicyclic) bond motifs is 6. The van der Waals surface area contributed by atoms with Gasteiger partial charge in [0.25, 0.3) is 0 Å². The van der Waals surface area contributed by atoms with Gasteiger partial charge in [-0.1, -0.05) is 156 Å². The Labute approximate surface area is 423 Å². The largest absolute Gasteiger partial charge is 0.307 e. The second kappa shape index (κ2) is 17.7. The molecule has 8 aromatic carbocycles. The maximum absolute atomic E-state index is 11.0. The van der Waals surface area contributed by atoms with Gasteiger partial charge in [0.1, 0.15) is 5.82 Å². The van der Waals surface area contributed by atoms with Crippen molar-refractivity contribution in [3.05, 3.63) is 208 Å². The SMILES string of the molecule is Cc1ccc(-c2ccc3c4ccc(-c5ccc(C)cc5C)cc4n(-c4cc(C5CCCCC5C#N)c(-n5c6cc(-c7ccc(C)cc7C)ccc6c6ccc(-c7ccc(C)cc7C)cc65)cn4)c3c2)c(C)c1. The first kappa shape index (κ1) is 45.2. The highest BCUT2D eigenvalue weighted by molar-refractivity contribution is 6.13. The van der Waals surface area contributed by atoms with Gasteiger partial charge in [0.15, 0.2) is 0 Å². The number of benzene rings is 8. The molecule has 2 unspecified atom stereocenters. The molecule has 3 aromatic heterocycles. The molecule has 1 fully saturated rings. The highest BCUT2D eigenvalue weighted by atomic mass is 15.1. The molecule has 0 radical (unpaired) electrons. The van der Waals surface area contributed by atoms with Gasteiger partial charge in [0, 0.05) is 27.5 Å². The number of hydrogen-bond donors (Lipinski definition) is 0. The first-order valence-electron chi connectivity index (χ1n) is 25.8. The van der Waals surface area contributed by atoms with Gasteiger partial charge in [0.2, 0.25) is 0 Å². The van der Waals surface area contributed by atoms with Crippen LogP contribution in [-0.2, 0) is 0 Å². The summed E-state index contributed by atoms with van der Waals surface area (Å²) in [6, 6.07) is 60.1. The Bertz CT molecular complexity index is 3840. The maximum atomic E-state index is 11.0. The average molecular weight is 933 g/mol. The van der Waals surface area contributed by atoms with E-state index in [-0.39, 0.29) is 11.8 Å². The third kappa shape index (κ3) is 7.62. The summed E-state index contributed by atoms with van der Waals surface area (Å²) in [5, 5.41) is 15.8. The van der Waals surface area contributed by atoms with E-state index < -0.39 is 0 Å². The van der Waals surface area contributed by atoms with Crippen molar-refractivity contribution in [3.63, 3.8) is 0 Å². The predicted octanol–water partition coefficient (Wildman–Crippen LogP) is 18.2. The van der Waals surface area contributed by atoms with Crippen molar-refractivity contribution in [2.75, 3.05) is 0 Å². The lowest BCUT2D eigenvalue weighted by Crippen LogP contribution is -2.19. The zero-order valence-electron chi connectivity index (χ0n) is 42.8. The minimum absolute atomic E-state index is 0.0164. The van der Waals surface area contributed by atoms with Crippen LogP contribution in [-0.4, -0.2) is 14.1 Å². The molecule has 3 heterocycles. The summed E-state index contributed by atoms with van der Waals surface area (Å²) in [5.74, 6) is 0.754. The summed E-state index contributed by atoms with van der Waals surface area (Å²) in [7, 11) is 0. The number of aromatic nitrogens is 3. The molecule has 0 aliphatic heterocycles. The van der Waals surface area contributed by atoms with Crippen LogP contribution in [0.25, 0.3) is 99.6 Å². The van der Waals surface area contributed by atoms with Crippen molar-refractivity contribution in [2.24, 2.45) is 5.92 Å². The molecule has 0 spiro atoms. The lowest BCUT2D eigenvalue weighted by atomic mass is 9.76. The first-order valence-corrected chi connectivity index (χ1v) is 25.8. The maximum Gasteiger partial charge on any atom is 0.137 e. The third-order valence-electron chi connectivity index (χ3n) is 16.0. The van der Waals surface area contributed by atoms with Crippen LogP contribution in [0.15, 0.2) is 158 Å². The molecule has 4 nitrogen and oxygen atoms in total. The Balaban J connectivity index is 1.16. The Morgan fingerprint density at radius 1 is 0.417 bits per heavy atom. The molecule has 0 bridgehead atoms. The second-order valence-corrected chi connectivity index (χ2v) is 21.1. The number of aryl methyl sites for hydroxylation is 8. The number of rotatable bonds is 7. The Morgan fingerprint density at radius 2 is 0.778 bits per heavy atom. The molecule has 4 heteroatoms. The van der Waals surface area contributed by atoms with E-state index >= 15 is 0 Å². The lowest BCUT2D eigenvalue weighted by Gasteiger charge is -2.29. The van der Waals surface area contributed by atoms with Crippen molar-refractivity contribution < 1.29 is 0 Å². The minimum atomic E-state index is -0.122. The van der Waals surface area contributed by atoms with Gasteiger partial charge < -0.3 is 4.57 Å². The van der Waals surface area contributed by atoms with E-state index in [0.717, 1.165) is 59.3 Å². The second-order valence-electron chi connectivity index (χ2n) is 21.1. The normalized spacial score (nSPS) is 15.0. The van der Waals surface area contributed by atoms with Gasteiger partial charge in [-0.2, -0.15) is 5.26 Å². The Morgan fingerprint density at radius 3 is 1.14 bits per heavy atom. The minimum Gasteiger partial charge on any atom is -0.307 e. The molecule has 72 heavy (non-hydrogen) atoms.